The summed E-state index contributed by atoms with van der Waals surface area (Å²) in [7, 11) is 1.71. The molecule has 0 aromatic rings. The van der Waals surface area contributed by atoms with Crippen molar-refractivity contribution < 1.29 is 22.6 Å². The third-order valence-corrected chi connectivity index (χ3v) is 5.83. The van der Waals surface area contributed by atoms with E-state index in [4.69, 9.17) is 14.5 Å². The third-order valence-electron chi connectivity index (χ3n) is 5.83. The van der Waals surface area contributed by atoms with Crippen LogP contribution in [0.3, 0.4) is 0 Å². The molecule has 31 heavy (non-hydrogen) atoms. The van der Waals surface area contributed by atoms with Gasteiger partial charge in [-0.25, -0.2) is 0 Å². The number of piperidine rings is 2. The van der Waals surface area contributed by atoms with Gasteiger partial charge in [0.15, 0.2) is 5.96 Å². The molecule has 2 rings (SSSR count). The number of nitrogens with one attached hydrogen (secondary N) is 1. The highest BCUT2D eigenvalue weighted by atomic mass is 127. The van der Waals surface area contributed by atoms with Crippen LogP contribution in [-0.4, -0.2) is 94.2 Å². The number of guanidine groups is 1. The van der Waals surface area contributed by atoms with Gasteiger partial charge < -0.3 is 19.7 Å². The second-order valence-electron chi connectivity index (χ2n) is 8.26. The van der Waals surface area contributed by atoms with Crippen molar-refractivity contribution in [2.24, 2.45) is 10.9 Å². The second-order valence-corrected chi connectivity index (χ2v) is 8.26. The Balaban J connectivity index is 0.00000480. The minimum atomic E-state index is -4.10. The monoisotopic (exact) mass is 564 g/mol. The fraction of sp³-hybridized carbons (Fsp3) is 0.952. The molecular formula is C21H40F3IN4O2. The van der Waals surface area contributed by atoms with Gasteiger partial charge >= 0.3 is 6.18 Å². The normalized spacial score (nSPS) is 20.0. The van der Waals surface area contributed by atoms with Gasteiger partial charge in [-0.3, -0.25) is 9.89 Å². The van der Waals surface area contributed by atoms with E-state index in [1.807, 2.05) is 0 Å². The molecule has 0 unspecified atom stereocenters. The van der Waals surface area contributed by atoms with Crippen LogP contribution in [0.2, 0.25) is 0 Å². The number of likely N-dealkylation sites (tertiary alicyclic amines) is 2. The summed E-state index contributed by atoms with van der Waals surface area (Å²) >= 11 is 0. The Morgan fingerprint density at radius 3 is 2.32 bits per heavy atom. The van der Waals surface area contributed by atoms with Crippen LogP contribution in [0.25, 0.3) is 0 Å². The SMILES string of the molecule is CCNC(=NCCC1CCN(CC(F)(F)F)CC1)N1CCC(OCCCOC)CC1.I. The van der Waals surface area contributed by atoms with Crippen LogP contribution in [0.4, 0.5) is 13.2 Å². The standard InChI is InChI=1S/C21H39F3N4O2.HI/c1-3-25-20(28-13-8-19(9-14-28)30-16-4-15-29-2)26-10-5-18-6-11-27(12-7-18)17-21(22,23)24;/h18-19H,3-17H2,1-2H3,(H,25,26);1H. The van der Waals surface area contributed by atoms with E-state index >= 15 is 0 Å². The topological polar surface area (TPSA) is 49.3 Å². The Hall–Kier alpha value is -0.330. The average molecular weight is 564 g/mol. The van der Waals surface area contributed by atoms with Gasteiger partial charge in [0.1, 0.15) is 0 Å². The van der Waals surface area contributed by atoms with E-state index in [1.165, 1.54) is 4.90 Å². The average Bonchev–Trinajstić information content (AvgIpc) is 2.71. The van der Waals surface area contributed by atoms with E-state index in [9.17, 15) is 13.2 Å². The van der Waals surface area contributed by atoms with Crippen molar-refractivity contribution in [1.82, 2.24) is 15.1 Å². The molecule has 6 nitrogen and oxygen atoms in total. The summed E-state index contributed by atoms with van der Waals surface area (Å²) in [5, 5.41) is 3.38. The largest absolute Gasteiger partial charge is 0.401 e. The first-order chi connectivity index (χ1) is 14.4. The Morgan fingerprint density at radius 1 is 1.06 bits per heavy atom. The maximum atomic E-state index is 12.5. The van der Waals surface area contributed by atoms with Crippen molar-refractivity contribution in [3.63, 3.8) is 0 Å². The number of alkyl halides is 3. The molecule has 0 amide bonds. The van der Waals surface area contributed by atoms with Gasteiger partial charge in [-0.05, 0) is 64.5 Å². The number of hydrogen-bond donors (Lipinski definition) is 1. The summed E-state index contributed by atoms with van der Waals surface area (Å²) in [6.07, 6.45) is 1.72. The maximum Gasteiger partial charge on any atom is 0.401 e. The van der Waals surface area contributed by atoms with Crippen LogP contribution >= 0.6 is 24.0 Å². The second kappa shape index (κ2) is 15.5. The number of ether oxygens (including phenoxy) is 2. The van der Waals surface area contributed by atoms with Gasteiger partial charge in [0.25, 0.3) is 0 Å². The van der Waals surface area contributed by atoms with E-state index in [1.54, 1.807) is 7.11 Å². The number of nitrogens with zero attached hydrogens (tertiary/aromatic N) is 3. The smallest absolute Gasteiger partial charge is 0.385 e. The van der Waals surface area contributed by atoms with E-state index in [0.717, 1.165) is 83.9 Å². The summed E-state index contributed by atoms with van der Waals surface area (Å²) in [6, 6.07) is 0. The van der Waals surface area contributed by atoms with Gasteiger partial charge in [-0.15, -0.1) is 24.0 Å². The lowest BCUT2D eigenvalue weighted by Gasteiger charge is -2.34. The summed E-state index contributed by atoms with van der Waals surface area (Å²) in [6.45, 7) is 7.23. The van der Waals surface area contributed by atoms with E-state index in [2.05, 4.69) is 17.1 Å². The lowest BCUT2D eigenvalue weighted by molar-refractivity contribution is -0.148. The van der Waals surface area contributed by atoms with Crippen LogP contribution in [0.1, 0.15) is 45.4 Å². The minimum absolute atomic E-state index is 0. The first kappa shape index (κ1) is 28.7. The van der Waals surface area contributed by atoms with E-state index in [0.29, 0.717) is 25.1 Å². The van der Waals surface area contributed by atoms with Crippen molar-refractivity contribution in [2.45, 2.75) is 57.7 Å². The van der Waals surface area contributed by atoms with Crippen LogP contribution in [0, 0.1) is 5.92 Å². The molecule has 0 bridgehead atoms. The highest BCUT2D eigenvalue weighted by molar-refractivity contribution is 14.0. The molecule has 0 spiro atoms. The Labute approximate surface area is 202 Å². The van der Waals surface area contributed by atoms with Gasteiger partial charge in [0.2, 0.25) is 0 Å². The first-order valence-corrected chi connectivity index (χ1v) is 11.3. The van der Waals surface area contributed by atoms with Crippen molar-refractivity contribution in [3.8, 4) is 0 Å². The first-order valence-electron chi connectivity index (χ1n) is 11.3. The molecule has 2 saturated heterocycles. The Kier molecular flexibility index (Phi) is 14.3. The maximum absolute atomic E-state index is 12.5. The van der Waals surface area contributed by atoms with E-state index < -0.39 is 12.7 Å². The molecule has 0 radical (unpaired) electrons. The van der Waals surface area contributed by atoms with Crippen LogP contribution < -0.4 is 5.32 Å². The molecule has 2 aliphatic heterocycles. The number of methoxy groups -OCH3 is 1. The molecule has 2 fully saturated rings. The number of aliphatic imine (C=N–C) groups is 1. The number of halogens is 4. The molecular weight excluding hydrogens is 524 g/mol. The van der Waals surface area contributed by atoms with Crippen molar-refractivity contribution >= 4 is 29.9 Å². The van der Waals surface area contributed by atoms with Crippen LogP contribution in [0.5, 0.6) is 0 Å². The molecule has 184 valence electrons. The fourth-order valence-corrected chi connectivity index (χ4v) is 4.15. The van der Waals surface area contributed by atoms with Crippen LogP contribution in [0.15, 0.2) is 4.99 Å². The summed E-state index contributed by atoms with van der Waals surface area (Å²) in [4.78, 5) is 8.62. The predicted molar refractivity (Wildman–Crippen MR) is 128 cm³/mol. The molecule has 2 heterocycles. The summed E-state index contributed by atoms with van der Waals surface area (Å²) < 4.78 is 48.5. The highest BCUT2D eigenvalue weighted by Gasteiger charge is 2.32. The molecule has 0 saturated carbocycles. The Morgan fingerprint density at radius 2 is 1.74 bits per heavy atom. The van der Waals surface area contributed by atoms with Gasteiger partial charge in [-0.2, -0.15) is 13.2 Å². The zero-order valence-corrected chi connectivity index (χ0v) is 21.3. The molecule has 0 aromatic carbocycles. The molecule has 0 aromatic heterocycles. The lowest BCUT2D eigenvalue weighted by Crippen LogP contribution is -2.47. The highest BCUT2D eigenvalue weighted by Crippen LogP contribution is 2.24. The summed E-state index contributed by atoms with van der Waals surface area (Å²) in [5.74, 6) is 1.41. The zero-order chi connectivity index (χ0) is 21.8. The number of hydrogen-bond acceptors (Lipinski definition) is 4. The van der Waals surface area contributed by atoms with Gasteiger partial charge in [0.05, 0.1) is 12.6 Å². The minimum Gasteiger partial charge on any atom is -0.385 e. The molecule has 10 heteroatoms. The van der Waals surface area contributed by atoms with E-state index in [-0.39, 0.29) is 24.0 Å². The molecule has 0 aliphatic carbocycles. The van der Waals surface area contributed by atoms with Crippen molar-refractivity contribution in [1.29, 1.82) is 0 Å². The molecule has 1 N–H and O–H groups in total. The van der Waals surface area contributed by atoms with Gasteiger partial charge in [0, 0.05) is 46.5 Å². The third kappa shape index (κ3) is 11.9. The van der Waals surface area contributed by atoms with Crippen LogP contribution in [-0.2, 0) is 9.47 Å². The Bertz CT molecular complexity index is 496. The van der Waals surface area contributed by atoms with Crippen molar-refractivity contribution in [3.05, 3.63) is 0 Å². The van der Waals surface area contributed by atoms with Gasteiger partial charge in [-0.1, -0.05) is 0 Å². The van der Waals surface area contributed by atoms with Crippen molar-refractivity contribution in [2.75, 3.05) is 66.1 Å². The molecule has 2 aliphatic rings. The zero-order valence-electron chi connectivity index (χ0n) is 19.0. The number of rotatable bonds is 10. The quantitative estimate of drug-likeness (QED) is 0.190. The lowest BCUT2D eigenvalue weighted by atomic mass is 9.93. The fourth-order valence-electron chi connectivity index (χ4n) is 4.15. The predicted octanol–water partition coefficient (Wildman–Crippen LogP) is 3.75. The molecule has 0 atom stereocenters. The summed E-state index contributed by atoms with van der Waals surface area (Å²) in [5.41, 5.74) is 0.